The molecule has 0 unspecified atom stereocenters. The number of thiazole rings is 1. The predicted octanol–water partition coefficient (Wildman–Crippen LogP) is 3.46. The van der Waals surface area contributed by atoms with E-state index in [0.29, 0.717) is 29.2 Å². The fourth-order valence-corrected chi connectivity index (χ4v) is 4.24. The zero-order chi connectivity index (χ0) is 23.4. The molecule has 4 amide bonds. The minimum Gasteiger partial charge on any atom is -0.352 e. The summed E-state index contributed by atoms with van der Waals surface area (Å²) < 4.78 is 0. The van der Waals surface area contributed by atoms with Crippen LogP contribution in [0.2, 0.25) is 0 Å². The Hall–Kier alpha value is -3.85. The molecule has 4 rings (SSSR count). The van der Waals surface area contributed by atoms with Crippen molar-refractivity contribution in [2.45, 2.75) is 26.3 Å². The molecule has 0 aliphatic carbocycles. The first-order valence-electron chi connectivity index (χ1n) is 10.5. The highest BCUT2D eigenvalue weighted by Crippen LogP contribution is 2.26. The van der Waals surface area contributed by atoms with Crippen molar-refractivity contribution < 1.29 is 19.2 Å². The van der Waals surface area contributed by atoms with Crippen molar-refractivity contribution in [3.63, 3.8) is 0 Å². The van der Waals surface area contributed by atoms with Gasteiger partial charge in [-0.2, -0.15) is 0 Å². The van der Waals surface area contributed by atoms with Gasteiger partial charge in [0, 0.05) is 37.4 Å². The smallest absolute Gasteiger partial charge is 0.261 e. The van der Waals surface area contributed by atoms with E-state index < -0.39 is 0 Å². The molecular formula is C24H22N4O4S. The van der Waals surface area contributed by atoms with Crippen molar-refractivity contribution in [3.8, 4) is 11.3 Å². The molecule has 9 heteroatoms. The number of fused-ring (bicyclic) bond motifs is 1. The second kappa shape index (κ2) is 9.74. The van der Waals surface area contributed by atoms with E-state index in [1.807, 2.05) is 29.6 Å². The molecular weight excluding hydrogens is 440 g/mol. The van der Waals surface area contributed by atoms with Crippen molar-refractivity contribution in [2.24, 2.45) is 0 Å². The average Bonchev–Trinajstić information content (AvgIpc) is 3.37. The van der Waals surface area contributed by atoms with Gasteiger partial charge in [-0.3, -0.25) is 24.1 Å². The van der Waals surface area contributed by atoms with E-state index >= 15 is 0 Å². The summed E-state index contributed by atoms with van der Waals surface area (Å²) in [6.07, 6.45) is 0.533. The largest absolute Gasteiger partial charge is 0.352 e. The second-order valence-corrected chi connectivity index (χ2v) is 8.46. The quantitative estimate of drug-likeness (QED) is 0.499. The highest BCUT2D eigenvalue weighted by molar-refractivity contribution is 7.14. The highest BCUT2D eigenvalue weighted by Gasteiger charge is 2.34. The Labute approximate surface area is 194 Å². The molecule has 2 heterocycles. The number of benzene rings is 2. The second-order valence-electron chi connectivity index (χ2n) is 7.60. The topological polar surface area (TPSA) is 108 Å². The fourth-order valence-electron chi connectivity index (χ4n) is 3.51. The van der Waals surface area contributed by atoms with Crippen LogP contribution in [0.4, 0.5) is 5.13 Å². The van der Waals surface area contributed by atoms with Crippen LogP contribution in [-0.2, 0) is 16.1 Å². The van der Waals surface area contributed by atoms with Gasteiger partial charge in [0.1, 0.15) is 0 Å². The zero-order valence-corrected chi connectivity index (χ0v) is 18.8. The Bertz CT molecular complexity index is 1180. The molecule has 1 aliphatic rings. The Kier molecular flexibility index (Phi) is 6.60. The van der Waals surface area contributed by atoms with Crippen LogP contribution in [0.15, 0.2) is 53.9 Å². The summed E-state index contributed by atoms with van der Waals surface area (Å²) in [4.78, 5) is 53.7. The van der Waals surface area contributed by atoms with E-state index in [1.54, 1.807) is 24.3 Å². The lowest BCUT2D eigenvalue weighted by atomic mass is 10.1. The summed E-state index contributed by atoms with van der Waals surface area (Å²) in [6.45, 7) is 2.13. The standard InChI is InChI=1S/C24H22N4O4S/c1-15(29)25-13-16-8-10-17(11-9-16)20-14-33-24(26-20)27-21(30)7-4-12-28-22(31)18-5-2-3-6-19(18)23(28)32/h2-3,5-6,8-11,14H,4,7,12-13H2,1H3,(H,25,29)(H,26,27,30). The predicted molar refractivity (Wildman–Crippen MR) is 125 cm³/mol. The first-order valence-corrected chi connectivity index (χ1v) is 11.3. The van der Waals surface area contributed by atoms with E-state index in [4.69, 9.17) is 0 Å². The first-order chi connectivity index (χ1) is 15.9. The normalized spacial score (nSPS) is 12.6. The van der Waals surface area contributed by atoms with Crippen molar-refractivity contribution >= 4 is 40.1 Å². The zero-order valence-electron chi connectivity index (χ0n) is 18.0. The molecule has 0 saturated heterocycles. The fraction of sp³-hybridized carbons (Fsp3) is 0.208. The summed E-state index contributed by atoms with van der Waals surface area (Å²) in [6, 6.07) is 14.4. The van der Waals surface area contributed by atoms with Crippen molar-refractivity contribution in [3.05, 3.63) is 70.6 Å². The van der Waals surface area contributed by atoms with Crippen LogP contribution in [0, 0.1) is 0 Å². The summed E-state index contributed by atoms with van der Waals surface area (Å²) in [5.74, 6) is -0.937. The Morgan fingerprint density at radius 2 is 1.67 bits per heavy atom. The van der Waals surface area contributed by atoms with Gasteiger partial charge in [-0.05, 0) is 24.1 Å². The van der Waals surface area contributed by atoms with E-state index in [2.05, 4.69) is 15.6 Å². The van der Waals surface area contributed by atoms with E-state index in [-0.39, 0.29) is 36.6 Å². The van der Waals surface area contributed by atoms with Gasteiger partial charge in [-0.1, -0.05) is 36.4 Å². The molecule has 0 saturated carbocycles. The van der Waals surface area contributed by atoms with Gasteiger partial charge >= 0.3 is 0 Å². The molecule has 33 heavy (non-hydrogen) atoms. The minimum atomic E-state index is -0.316. The number of hydrogen-bond acceptors (Lipinski definition) is 6. The molecule has 1 aliphatic heterocycles. The molecule has 3 aromatic rings. The van der Waals surface area contributed by atoms with Crippen LogP contribution in [0.25, 0.3) is 11.3 Å². The highest BCUT2D eigenvalue weighted by atomic mass is 32.1. The Morgan fingerprint density at radius 1 is 1.00 bits per heavy atom. The van der Waals surface area contributed by atoms with Crippen LogP contribution < -0.4 is 10.6 Å². The maximum atomic E-state index is 12.4. The van der Waals surface area contributed by atoms with Gasteiger partial charge < -0.3 is 10.6 Å². The first kappa shape index (κ1) is 22.3. The van der Waals surface area contributed by atoms with Crippen molar-refractivity contribution in [2.75, 3.05) is 11.9 Å². The maximum Gasteiger partial charge on any atom is 0.261 e. The molecule has 0 spiro atoms. The lowest BCUT2D eigenvalue weighted by molar-refractivity contribution is -0.119. The van der Waals surface area contributed by atoms with Gasteiger partial charge in [0.15, 0.2) is 5.13 Å². The van der Waals surface area contributed by atoms with Gasteiger partial charge in [0.25, 0.3) is 11.8 Å². The lowest BCUT2D eigenvalue weighted by Crippen LogP contribution is -2.31. The van der Waals surface area contributed by atoms with Gasteiger partial charge in [-0.15, -0.1) is 11.3 Å². The molecule has 2 aromatic carbocycles. The number of nitrogens with one attached hydrogen (secondary N) is 2. The van der Waals surface area contributed by atoms with Crippen LogP contribution in [0.1, 0.15) is 46.0 Å². The number of nitrogens with zero attached hydrogens (tertiary/aromatic N) is 2. The summed E-state index contributed by atoms with van der Waals surface area (Å²) in [5, 5.41) is 7.87. The number of amides is 4. The third kappa shape index (κ3) is 5.15. The average molecular weight is 463 g/mol. The van der Waals surface area contributed by atoms with Crippen molar-refractivity contribution in [1.82, 2.24) is 15.2 Å². The molecule has 168 valence electrons. The molecule has 8 nitrogen and oxygen atoms in total. The number of rotatable bonds is 8. The third-order valence-corrected chi connectivity index (χ3v) is 5.96. The number of aromatic nitrogens is 1. The molecule has 0 fully saturated rings. The lowest BCUT2D eigenvalue weighted by Gasteiger charge is -2.13. The van der Waals surface area contributed by atoms with E-state index in [0.717, 1.165) is 16.8 Å². The number of anilines is 1. The molecule has 0 atom stereocenters. The van der Waals surface area contributed by atoms with Crippen LogP contribution in [-0.4, -0.2) is 40.1 Å². The van der Waals surface area contributed by atoms with Crippen LogP contribution >= 0.6 is 11.3 Å². The van der Waals surface area contributed by atoms with Crippen LogP contribution in [0.5, 0.6) is 0 Å². The number of hydrogen-bond donors (Lipinski definition) is 2. The minimum absolute atomic E-state index is 0.0808. The monoisotopic (exact) mass is 462 g/mol. The SMILES string of the molecule is CC(=O)NCc1ccc(-c2csc(NC(=O)CCCN3C(=O)c4ccccc4C3=O)n2)cc1. The number of imide groups is 1. The van der Waals surface area contributed by atoms with E-state index in [9.17, 15) is 19.2 Å². The summed E-state index contributed by atoms with van der Waals surface area (Å²) in [5.41, 5.74) is 3.45. The third-order valence-electron chi connectivity index (χ3n) is 5.21. The van der Waals surface area contributed by atoms with Gasteiger partial charge in [-0.25, -0.2) is 4.98 Å². The van der Waals surface area contributed by atoms with Gasteiger partial charge in [0.05, 0.1) is 16.8 Å². The van der Waals surface area contributed by atoms with E-state index in [1.165, 1.54) is 23.2 Å². The summed E-state index contributed by atoms with van der Waals surface area (Å²) >= 11 is 1.32. The van der Waals surface area contributed by atoms with Crippen LogP contribution in [0.3, 0.4) is 0 Å². The molecule has 1 aromatic heterocycles. The number of carbonyl (C=O) groups excluding carboxylic acids is 4. The molecule has 0 bridgehead atoms. The Morgan fingerprint density at radius 3 is 2.30 bits per heavy atom. The Balaban J connectivity index is 1.27. The molecule has 2 N–H and O–H groups in total. The molecule has 0 radical (unpaired) electrons. The summed E-state index contributed by atoms with van der Waals surface area (Å²) in [7, 11) is 0. The number of carbonyl (C=O) groups is 4. The maximum absolute atomic E-state index is 12.4. The van der Waals surface area contributed by atoms with Gasteiger partial charge in [0.2, 0.25) is 11.8 Å². The van der Waals surface area contributed by atoms with Crippen molar-refractivity contribution in [1.29, 1.82) is 0 Å².